The lowest BCUT2D eigenvalue weighted by Crippen LogP contribution is -2.13. The van der Waals surface area contributed by atoms with Gasteiger partial charge in [0, 0.05) is 27.3 Å². The standard InChI is InChI=1S/C7H13N3.CH2O/c1-6-5-10(4)7(8-6)9(2)3;1-2/h5H,1-4H3;1H2. The molecule has 0 aliphatic heterocycles. The third-order valence-corrected chi connectivity index (χ3v) is 1.37. The fraction of sp³-hybridized carbons (Fsp3) is 0.500. The molecule has 0 saturated carbocycles. The number of rotatable bonds is 1. The molecule has 0 unspecified atom stereocenters. The molecule has 68 valence electrons. The van der Waals surface area contributed by atoms with E-state index in [2.05, 4.69) is 4.98 Å². The summed E-state index contributed by atoms with van der Waals surface area (Å²) in [7, 11) is 5.97. The van der Waals surface area contributed by atoms with Crippen molar-refractivity contribution < 1.29 is 4.79 Å². The molecule has 12 heavy (non-hydrogen) atoms. The van der Waals surface area contributed by atoms with Crippen molar-refractivity contribution in [3.05, 3.63) is 11.9 Å². The van der Waals surface area contributed by atoms with Gasteiger partial charge in [-0.15, -0.1) is 0 Å². The first-order chi connectivity index (χ1) is 5.61. The predicted octanol–water partition coefficient (Wildman–Crippen LogP) is 0.610. The summed E-state index contributed by atoms with van der Waals surface area (Å²) in [5.74, 6) is 0.998. The maximum atomic E-state index is 8.00. The Hall–Kier alpha value is -1.32. The molecule has 0 saturated heterocycles. The van der Waals surface area contributed by atoms with Crippen LogP contribution in [0.2, 0.25) is 0 Å². The lowest BCUT2D eigenvalue weighted by molar-refractivity contribution is -0.0979. The van der Waals surface area contributed by atoms with Gasteiger partial charge in [0.1, 0.15) is 6.79 Å². The van der Waals surface area contributed by atoms with Crippen molar-refractivity contribution in [2.45, 2.75) is 6.92 Å². The van der Waals surface area contributed by atoms with Crippen molar-refractivity contribution >= 4 is 12.7 Å². The minimum atomic E-state index is 0.998. The first kappa shape index (κ1) is 10.7. The molecule has 1 aromatic heterocycles. The van der Waals surface area contributed by atoms with Crippen LogP contribution in [-0.4, -0.2) is 30.4 Å². The van der Waals surface area contributed by atoms with Crippen LogP contribution >= 0.6 is 0 Å². The van der Waals surface area contributed by atoms with Crippen LogP contribution in [0.15, 0.2) is 6.20 Å². The molecule has 0 amide bonds. The number of nitrogens with zero attached hydrogens (tertiary/aromatic N) is 3. The largest absolute Gasteiger partial charge is 0.348 e. The molecule has 0 spiro atoms. The zero-order valence-electron chi connectivity index (χ0n) is 8.03. The SMILES string of the molecule is C=O.Cc1cn(C)c(N(C)C)n1. The second-order valence-electron chi connectivity index (χ2n) is 2.69. The van der Waals surface area contributed by atoms with Crippen LogP contribution in [-0.2, 0) is 11.8 Å². The van der Waals surface area contributed by atoms with E-state index < -0.39 is 0 Å². The highest BCUT2D eigenvalue weighted by Gasteiger charge is 2.01. The van der Waals surface area contributed by atoms with Crippen molar-refractivity contribution in [1.29, 1.82) is 0 Å². The zero-order valence-corrected chi connectivity index (χ0v) is 8.03. The van der Waals surface area contributed by atoms with Gasteiger partial charge in [0.25, 0.3) is 0 Å². The van der Waals surface area contributed by atoms with E-state index >= 15 is 0 Å². The van der Waals surface area contributed by atoms with Crippen LogP contribution in [0.3, 0.4) is 0 Å². The van der Waals surface area contributed by atoms with Crippen LogP contribution in [0, 0.1) is 6.92 Å². The van der Waals surface area contributed by atoms with Gasteiger partial charge in [-0.2, -0.15) is 0 Å². The summed E-state index contributed by atoms with van der Waals surface area (Å²) in [5, 5.41) is 0. The number of imidazole rings is 1. The highest BCUT2D eigenvalue weighted by Crippen LogP contribution is 2.07. The van der Waals surface area contributed by atoms with Crippen LogP contribution in [0.25, 0.3) is 0 Å². The average molecular weight is 169 g/mol. The molecule has 0 bridgehead atoms. The number of hydrogen-bond donors (Lipinski definition) is 0. The number of anilines is 1. The highest BCUT2D eigenvalue weighted by atomic mass is 16.1. The lowest BCUT2D eigenvalue weighted by atomic mass is 10.6. The lowest BCUT2D eigenvalue weighted by Gasteiger charge is -2.09. The number of carbonyl (C=O) groups excluding carboxylic acids is 1. The third kappa shape index (κ3) is 2.38. The summed E-state index contributed by atoms with van der Waals surface area (Å²) in [6.45, 7) is 3.99. The van der Waals surface area contributed by atoms with Crippen molar-refractivity contribution in [2.75, 3.05) is 19.0 Å². The monoisotopic (exact) mass is 169 g/mol. The van der Waals surface area contributed by atoms with E-state index in [-0.39, 0.29) is 0 Å². The highest BCUT2D eigenvalue weighted by molar-refractivity contribution is 5.29. The Morgan fingerprint density at radius 1 is 1.50 bits per heavy atom. The van der Waals surface area contributed by atoms with Crippen molar-refractivity contribution in [2.24, 2.45) is 7.05 Å². The Labute approximate surface area is 72.8 Å². The number of carbonyl (C=O) groups is 1. The Balaban J connectivity index is 0.000000561. The Bertz CT molecular complexity index is 242. The van der Waals surface area contributed by atoms with E-state index in [1.54, 1.807) is 0 Å². The molecule has 4 nitrogen and oxygen atoms in total. The van der Waals surface area contributed by atoms with E-state index in [0.717, 1.165) is 11.6 Å². The third-order valence-electron chi connectivity index (χ3n) is 1.37. The number of hydrogen-bond acceptors (Lipinski definition) is 3. The molecule has 1 heterocycles. The van der Waals surface area contributed by atoms with E-state index in [9.17, 15) is 0 Å². The summed E-state index contributed by atoms with van der Waals surface area (Å²) in [6.07, 6.45) is 2.01. The average Bonchev–Trinajstić information content (AvgIpc) is 2.34. The maximum Gasteiger partial charge on any atom is 0.204 e. The minimum absolute atomic E-state index is 0.998. The van der Waals surface area contributed by atoms with Gasteiger partial charge in [0.2, 0.25) is 5.95 Å². The number of aryl methyl sites for hydroxylation is 2. The van der Waals surface area contributed by atoms with Crippen LogP contribution in [0.5, 0.6) is 0 Å². The van der Waals surface area contributed by atoms with Crippen molar-refractivity contribution in [1.82, 2.24) is 9.55 Å². The van der Waals surface area contributed by atoms with E-state index in [0.29, 0.717) is 0 Å². The van der Waals surface area contributed by atoms with Gasteiger partial charge in [-0.25, -0.2) is 4.98 Å². The Morgan fingerprint density at radius 2 is 2.00 bits per heavy atom. The normalized spacial score (nSPS) is 8.67. The second-order valence-corrected chi connectivity index (χ2v) is 2.69. The zero-order chi connectivity index (χ0) is 9.72. The smallest absolute Gasteiger partial charge is 0.204 e. The fourth-order valence-corrected chi connectivity index (χ4v) is 1.02. The van der Waals surface area contributed by atoms with Crippen molar-refractivity contribution in [3.63, 3.8) is 0 Å². The summed E-state index contributed by atoms with van der Waals surface area (Å²) in [5.41, 5.74) is 1.06. The predicted molar refractivity (Wildman–Crippen MR) is 49.4 cm³/mol. The van der Waals surface area contributed by atoms with Crippen LogP contribution in [0.1, 0.15) is 5.69 Å². The molecule has 0 radical (unpaired) electrons. The van der Waals surface area contributed by atoms with Gasteiger partial charge in [-0.3, -0.25) is 0 Å². The second kappa shape index (κ2) is 4.54. The van der Waals surface area contributed by atoms with Gasteiger partial charge in [0.15, 0.2) is 0 Å². The topological polar surface area (TPSA) is 38.1 Å². The molecular weight excluding hydrogens is 154 g/mol. The van der Waals surface area contributed by atoms with Crippen LogP contribution < -0.4 is 4.90 Å². The van der Waals surface area contributed by atoms with Gasteiger partial charge in [-0.05, 0) is 6.92 Å². The molecule has 0 aliphatic carbocycles. The van der Waals surface area contributed by atoms with Gasteiger partial charge >= 0.3 is 0 Å². The summed E-state index contributed by atoms with van der Waals surface area (Å²) in [4.78, 5) is 14.3. The summed E-state index contributed by atoms with van der Waals surface area (Å²) < 4.78 is 2.01. The van der Waals surface area contributed by atoms with Crippen LogP contribution in [0.4, 0.5) is 5.95 Å². The molecule has 1 aromatic rings. The fourth-order valence-electron chi connectivity index (χ4n) is 1.02. The van der Waals surface area contributed by atoms with Gasteiger partial charge in [0.05, 0.1) is 5.69 Å². The quantitative estimate of drug-likeness (QED) is 0.618. The molecule has 1 rings (SSSR count). The van der Waals surface area contributed by atoms with E-state index in [1.165, 1.54) is 0 Å². The summed E-state index contributed by atoms with van der Waals surface area (Å²) >= 11 is 0. The Morgan fingerprint density at radius 3 is 2.17 bits per heavy atom. The molecule has 0 atom stereocenters. The molecule has 0 N–H and O–H groups in total. The first-order valence-corrected chi connectivity index (χ1v) is 3.57. The van der Waals surface area contributed by atoms with Crippen molar-refractivity contribution in [3.8, 4) is 0 Å². The molecule has 0 fully saturated rings. The number of aromatic nitrogens is 2. The van der Waals surface area contributed by atoms with E-state index in [4.69, 9.17) is 4.79 Å². The van der Waals surface area contributed by atoms with Gasteiger partial charge in [-0.1, -0.05) is 0 Å². The molecule has 0 aromatic carbocycles. The minimum Gasteiger partial charge on any atom is -0.348 e. The molecular formula is C8H15N3O. The Kier molecular flexibility index (Phi) is 4.04. The molecule has 0 aliphatic rings. The van der Waals surface area contributed by atoms with Gasteiger partial charge < -0.3 is 14.3 Å². The summed E-state index contributed by atoms with van der Waals surface area (Å²) in [6, 6.07) is 0. The molecule has 4 heteroatoms. The van der Waals surface area contributed by atoms with E-state index in [1.807, 2.05) is 50.5 Å². The maximum absolute atomic E-state index is 8.00. The first-order valence-electron chi connectivity index (χ1n) is 3.57.